The van der Waals surface area contributed by atoms with Gasteiger partial charge < -0.3 is 10.4 Å². The van der Waals surface area contributed by atoms with Crippen molar-refractivity contribution in [3.63, 3.8) is 0 Å². The van der Waals surface area contributed by atoms with Crippen LogP contribution in [0.15, 0.2) is 55.1 Å². The fraction of sp³-hybridized carbons (Fsp3) is 0.0952. The molecular weight excluding hydrogens is 465 g/mol. The van der Waals surface area contributed by atoms with Crippen LogP contribution in [0.25, 0.3) is 11.1 Å². The summed E-state index contributed by atoms with van der Waals surface area (Å²) >= 11 is 5.66. The Labute approximate surface area is 189 Å². The maximum atomic E-state index is 13.1. The van der Waals surface area contributed by atoms with E-state index in [4.69, 9.17) is 16.7 Å². The van der Waals surface area contributed by atoms with Gasteiger partial charge in [-0.25, -0.2) is 14.8 Å². The average Bonchev–Trinajstić information content (AvgIpc) is 2.75. The highest BCUT2D eigenvalue weighted by Crippen LogP contribution is 2.39. The van der Waals surface area contributed by atoms with Gasteiger partial charge in [-0.15, -0.1) is 0 Å². The number of hydrogen-bond donors (Lipinski definition) is 3. The third-order valence-electron chi connectivity index (χ3n) is 4.33. The van der Waals surface area contributed by atoms with E-state index >= 15 is 0 Å². The minimum absolute atomic E-state index is 0.209. The molecule has 0 radical (unpaired) electrons. The van der Waals surface area contributed by atoms with E-state index in [0.29, 0.717) is 17.2 Å². The minimum Gasteiger partial charge on any atom is -0.465 e. The average molecular weight is 479 g/mol. The Morgan fingerprint density at radius 1 is 0.970 bits per heavy atom. The summed E-state index contributed by atoms with van der Waals surface area (Å²) in [5, 5.41) is 12.2. The SMILES string of the molecule is O=C(O)Nc1cc(C(F)(F)F)c(Cl)cc1NC(=O)CC(=O)c1cccc(-c2cncnc2)c1. The number of benzene rings is 2. The van der Waals surface area contributed by atoms with Gasteiger partial charge in [-0.1, -0.05) is 29.8 Å². The summed E-state index contributed by atoms with van der Waals surface area (Å²) in [6.07, 6.45) is -2.70. The van der Waals surface area contributed by atoms with Gasteiger partial charge >= 0.3 is 12.3 Å². The van der Waals surface area contributed by atoms with Gasteiger partial charge in [0.2, 0.25) is 5.91 Å². The van der Waals surface area contributed by atoms with E-state index in [-0.39, 0.29) is 11.3 Å². The molecule has 12 heteroatoms. The first kappa shape index (κ1) is 23.7. The van der Waals surface area contributed by atoms with Crippen LogP contribution in [0.4, 0.5) is 29.3 Å². The van der Waals surface area contributed by atoms with Crippen molar-refractivity contribution in [1.82, 2.24) is 9.97 Å². The summed E-state index contributed by atoms with van der Waals surface area (Å²) in [7, 11) is 0. The lowest BCUT2D eigenvalue weighted by Crippen LogP contribution is -2.19. The normalized spacial score (nSPS) is 11.0. The fourth-order valence-corrected chi connectivity index (χ4v) is 3.15. The molecule has 3 N–H and O–H groups in total. The van der Waals surface area contributed by atoms with Gasteiger partial charge in [0.05, 0.1) is 28.4 Å². The number of Topliss-reactive ketones (excluding diaryl/α,β-unsaturated/α-hetero) is 1. The third-order valence-corrected chi connectivity index (χ3v) is 4.64. The minimum atomic E-state index is -4.85. The summed E-state index contributed by atoms with van der Waals surface area (Å²) in [6.45, 7) is 0. The Kier molecular flexibility index (Phi) is 6.92. The smallest absolute Gasteiger partial charge is 0.417 e. The van der Waals surface area contributed by atoms with Crippen LogP contribution in [0.3, 0.4) is 0 Å². The van der Waals surface area contributed by atoms with E-state index in [1.54, 1.807) is 35.9 Å². The largest absolute Gasteiger partial charge is 0.465 e. The summed E-state index contributed by atoms with van der Waals surface area (Å²) in [6, 6.07) is 7.59. The number of halogens is 4. The Morgan fingerprint density at radius 2 is 1.64 bits per heavy atom. The lowest BCUT2D eigenvalue weighted by molar-refractivity contribution is -0.137. The van der Waals surface area contributed by atoms with E-state index in [9.17, 15) is 27.6 Å². The van der Waals surface area contributed by atoms with Gasteiger partial charge in [0, 0.05) is 23.5 Å². The fourth-order valence-electron chi connectivity index (χ4n) is 2.88. The molecule has 0 unspecified atom stereocenters. The number of aromatic nitrogens is 2. The third kappa shape index (κ3) is 6.04. The molecule has 1 aromatic heterocycles. The van der Waals surface area contributed by atoms with E-state index in [1.807, 2.05) is 0 Å². The number of hydrogen-bond acceptors (Lipinski definition) is 5. The predicted octanol–water partition coefficient (Wildman–Crippen LogP) is 5.12. The molecule has 0 saturated carbocycles. The van der Waals surface area contributed by atoms with Crippen LogP contribution >= 0.6 is 11.6 Å². The Hall–Kier alpha value is -3.99. The number of carboxylic acid groups (broad SMARTS) is 1. The number of nitrogens with one attached hydrogen (secondary N) is 2. The second kappa shape index (κ2) is 9.65. The summed E-state index contributed by atoms with van der Waals surface area (Å²) in [5.41, 5.74) is -0.663. The molecule has 0 bridgehead atoms. The van der Waals surface area contributed by atoms with E-state index < -0.39 is 46.7 Å². The first-order valence-electron chi connectivity index (χ1n) is 9.14. The van der Waals surface area contributed by atoms with Crippen molar-refractivity contribution >= 4 is 40.8 Å². The van der Waals surface area contributed by atoms with Crippen LogP contribution in [0, 0.1) is 0 Å². The lowest BCUT2D eigenvalue weighted by atomic mass is 10.0. The summed E-state index contributed by atoms with van der Waals surface area (Å²) in [5.74, 6) is -1.45. The van der Waals surface area contributed by atoms with Gasteiger partial charge in [0.1, 0.15) is 6.33 Å². The monoisotopic (exact) mass is 478 g/mol. The molecule has 3 aromatic rings. The number of carbonyl (C=O) groups is 3. The molecule has 33 heavy (non-hydrogen) atoms. The zero-order valence-electron chi connectivity index (χ0n) is 16.5. The molecule has 0 fully saturated rings. The van der Waals surface area contributed by atoms with Crippen molar-refractivity contribution in [3.8, 4) is 11.1 Å². The topological polar surface area (TPSA) is 121 Å². The Bertz CT molecular complexity index is 1220. The first-order chi connectivity index (χ1) is 15.5. The molecule has 0 saturated heterocycles. The molecule has 2 amide bonds. The van der Waals surface area contributed by atoms with Crippen LogP contribution < -0.4 is 10.6 Å². The number of carbonyl (C=O) groups excluding carboxylic acids is 2. The van der Waals surface area contributed by atoms with E-state index in [2.05, 4.69) is 15.3 Å². The van der Waals surface area contributed by atoms with E-state index in [1.165, 1.54) is 12.4 Å². The maximum Gasteiger partial charge on any atom is 0.417 e. The van der Waals surface area contributed by atoms with Gasteiger partial charge in [-0.2, -0.15) is 13.2 Å². The van der Waals surface area contributed by atoms with Gasteiger partial charge in [-0.3, -0.25) is 14.9 Å². The quantitative estimate of drug-likeness (QED) is 0.334. The number of amides is 2. The Morgan fingerprint density at radius 3 is 2.27 bits per heavy atom. The standard InChI is InChI=1S/C21H14ClF3N4O4/c22-15-6-17(16(29-20(32)33)5-14(15)21(23,24)25)28-19(31)7-18(30)12-3-1-2-11(4-12)13-8-26-10-27-9-13/h1-6,8-10,29H,7H2,(H,28,31)(H,32,33). The van der Waals surface area contributed by atoms with E-state index in [0.717, 1.165) is 6.07 Å². The molecule has 3 rings (SSSR count). The summed E-state index contributed by atoms with van der Waals surface area (Å²) < 4.78 is 39.2. The van der Waals surface area contributed by atoms with Crippen molar-refractivity contribution < 1.29 is 32.7 Å². The number of rotatable bonds is 6. The van der Waals surface area contributed by atoms with Crippen molar-refractivity contribution in [1.29, 1.82) is 0 Å². The van der Waals surface area contributed by atoms with Crippen LogP contribution in [0.5, 0.6) is 0 Å². The van der Waals surface area contributed by atoms with Crippen molar-refractivity contribution in [3.05, 3.63) is 71.3 Å². The number of alkyl halides is 3. The number of ketones is 1. The molecule has 0 spiro atoms. The highest BCUT2D eigenvalue weighted by molar-refractivity contribution is 6.32. The lowest BCUT2D eigenvalue weighted by Gasteiger charge is -2.16. The molecule has 0 aliphatic carbocycles. The molecular formula is C21H14ClF3N4O4. The molecule has 0 atom stereocenters. The van der Waals surface area contributed by atoms with Crippen LogP contribution in [-0.2, 0) is 11.0 Å². The van der Waals surface area contributed by atoms with Gasteiger partial charge in [0.25, 0.3) is 0 Å². The van der Waals surface area contributed by atoms with Crippen LogP contribution in [0.1, 0.15) is 22.3 Å². The predicted molar refractivity (Wildman–Crippen MR) is 113 cm³/mol. The summed E-state index contributed by atoms with van der Waals surface area (Å²) in [4.78, 5) is 43.7. The van der Waals surface area contributed by atoms with Crippen molar-refractivity contribution in [2.75, 3.05) is 10.6 Å². The highest BCUT2D eigenvalue weighted by Gasteiger charge is 2.34. The zero-order valence-corrected chi connectivity index (χ0v) is 17.2. The molecule has 0 aliphatic heterocycles. The maximum absolute atomic E-state index is 13.1. The van der Waals surface area contributed by atoms with Crippen molar-refractivity contribution in [2.45, 2.75) is 12.6 Å². The Balaban J connectivity index is 1.80. The molecule has 0 aliphatic rings. The molecule has 170 valence electrons. The molecule has 1 heterocycles. The second-order valence-corrected chi connectivity index (χ2v) is 7.07. The first-order valence-corrected chi connectivity index (χ1v) is 9.51. The molecule has 8 nitrogen and oxygen atoms in total. The van der Waals surface area contributed by atoms with Crippen LogP contribution in [-0.4, -0.2) is 32.9 Å². The van der Waals surface area contributed by atoms with Gasteiger partial charge in [-0.05, 0) is 23.8 Å². The second-order valence-electron chi connectivity index (χ2n) is 6.66. The van der Waals surface area contributed by atoms with Crippen molar-refractivity contribution in [2.24, 2.45) is 0 Å². The molecule has 2 aromatic carbocycles. The number of anilines is 2. The highest BCUT2D eigenvalue weighted by atomic mass is 35.5. The van der Waals surface area contributed by atoms with Gasteiger partial charge in [0.15, 0.2) is 5.78 Å². The number of nitrogens with zero attached hydrogens (tertiary/aromatic N) is 2. The zero-order chi connectivity index (χ0) is 24.2. The van der Waals surface area contributed by atoms with Crippen LogP contribution in [0.2, 0.25) is 5.02 Å².